The molecule has 0 heterocycles. The molecule has 0 bridgehead atoms. The second kappa shape index (κ2) is 7.69. The van der Waals surface area contributed by atoms with Crippen LogP contribution in [0.15, 0.2) is 36.4 Å². The number of phenolic OH excluding ortho intramolecular Hbond substituents is 1. The molecular formula is C20H24O2. The summed E-state index contributed by atoms with van der Waals surface area (Å²) < 4.78 is 5.66. The Balaban J connectivity index is 2.04. The van der Waals surface area contributed by atoms with Gasteiger partial charge in [-0.05, 0) is 66.8 Å². The second-order valence-corrected chi connectivity index (χ2v) is 5.61. The summed E-state index contributed by atoms with van der Waals surface area (Å²) in [7, 11) is 0. The van der Waals surface area contributed by atoms with Gasteiger partial charge >= 0.3 is 0 Å². The average Bonchev–Trinajstić information content (AvgIpc) is 2.52. The number of aromatic hydroxyl groups is 1. The molecule has 0 radical (unpaired) electrons. The van der Waals surface area contributed by atoms with Crippen LogP contribution in [0.2, 0.25) is 0 Å². The van der Waals surface area contributed by atoms with E-state index in [4.69, 9.17) is 4.74 Å². The van der Waals surface area contributed by atoms with Crippen molar-refractivity contribution in [3.05, 3.63) is 58.7 Å². The van der Waals surface area contributed by atoms with Crippen LogP contribution in [-0.4, -0.2) is 11.7 Å². The highest BCUT2D eigenvalue weighted by molar-refractivity contribution is 5.71. The highest BCUT2D eigenvalue weighted by Gasteiger charge is 2.01. The quantitative estimate of drug-likeness (QED) is 0.574. The number of ether oxygens (including phenoxy) is 1. The molecule has 0 aliphatic heterocycles. The first-order valence-electron chi connectivity index (χ1n) is 7.81. The Bertz CT molecular complexity index is 616. The van der Waals surface area contributed by atoms with Crippen LogP contribution in [-0.2, 0) is 0 Å². The molecule has 0 aliphatic rings. The summed E-state index contributed by atoms with van der Waals surface area (Å²) in [6.45, 7) is 6.77. The van der Waals surface area contributed by atoms with Gasteiger partial charge in [0.05, 0.1) is 6.61 Å². The van der Waals surface area contributed by atoms with E-state index in [1.807, 2.05) is 38.1 Å². The van der Waals surface area contributed by atoms with E-state index in [1.165, 1.54) is 0 Å². The molecule has 0 fully saturated rings. The highest BCUT2D eigenvalue weighted by atomic mass is 16.5. The fraction of sp³-hybridized carbons (Fsp3) is 0.300. The van der Waals surface area contributed by atoms with Crippen molar-refractivity contribution in [3.8, 4) is 11.5 Å². The van der Waals surface area contributed by atoms with Crippen LogP contribution in [0.4, 0.5) is 0 Å². The van der Waals surface area contributed by atoms with Crippen molar-refractivity contribution in [2.75, 3.05) is 6.61 Å². The summed E-state index contributed by atoms with van der Waals surface area (Å²) >= 11 is 0. The van der Waals surface area contributed by atoms with Gasteiger partial charge in [-0.1, -0.05) is 37.6 Å². The summed E-state index contributed by atoms with van der Waals surface area (Å²) in [5, 5.41) is 9.80. The predicted molar refractivity (Wildman–Crippen MR) is 93.4 cm³/mol. The van der Waals surface area contributed by atoms with E-state index in [0.717, 1.165) is 47.5 Å². The number of benzene rings is 2. The van der Waals surface area contributed by atoms with Gasteiger partial charge in [-0.25, -0.2) is 0 Å². The molecule has 0 saturated carbocycles. The molecule has 0 spiro atoms. The Morgan fingerprint density at radius 1 is 0.955 bits per heavy atom. The summed E-state index contributed by atoms with van der Waals surface area (Å²) in [5.74, 6) is 1.30. The molecule has 0 unspecified atom stereocenters. The monoisotopic (exact) mass is 296 g/mol. The van der Waals surface area contributed by atoms with Gasteiger partial charge < -0.3 is 9.84 Å². The van der Waals surface area contributed by atoms with Crippen LogP contribution in [0.25, 0.3) is 12.2 Å². The standard InChI is InChI=1S/C20H24O2/c1-4-5-12-22-19-10-8-17(9-11-19)6-7-18-13-15(2)20(21)16(3)14-18/h6-11,13-14,21H,4-5,12H2,1-3H3/b7-6+. The Morgan fingerprint density at radius 2 is 1.55 bits per heavy atom. The molecule has 2 rings (SSSR count). The van der Waals surface area contributed by atoms with Gasteiger partial charge in [0.2, 0.25) is 0 Å². The van der Waals surface area contributed by atoms with E-state index in [-0.39, 0.29) is 0 Å². The van der Waals surface area contributed by atoms with Crippen LogP contribution in [0, 0.1) is 13.8 Å². The van der Waals surface area contributed by atoms with Gasteiger partial charge in [0.15, 0.2) is 0 Å². The molecule has 0 atom stereocenters. The van der Waals surface area contributed by atoms with E-state index in [9.17, 15) is 5.11 Å². The van der Waals surface area contributed by atoms with Gasteiger partial charge in [-0.3, -0.25) is 0 Å². The fourth-order valence-electron chi connectivity index (χ4n) is 2.29. The van der Waals surface area contributed by atoms with E-state index in [1.54, 1.807) is 0 Å². The zero-order chi connectivity index (χ0) is 15.9. The van der Waals surface area contributed by atoms with Crippen molar-refractivity contribution in [1.82, 2.24) is 0 Å². The second-order valence-electron chi connectivity index (χ2n) is 5.61. The maximum Gasteiger partial charge on any atom is 0.121 e. The van der Waals surface area contributed by atoms with Crippen molar-refractivity contribution in [2.45, 2.75) is 33.6 Å². The minimum atomic E-state index is 0.380. The Labute approximate surface area is 133 Å². The molecule has 2 heteroatoms. The number of phenols is 1. The Hall–Kier alpha value is -2.22. The third-order valence-corrected chi connectivity index (χ3v) is 3.63. The lowest BCUT2D eigenvalue weighted by atomic mass is 10.0. The van der Waals surface area contributed by atoms with Crippen molar-refractivity contribution >= 4 is 12.2 Å². The van der Waals surface area contributed by atoms with Crippen molar-refractivity contribution in [3.63, 3.8) is 0 Å². The van der Waals surface area contributed by atoms with E-state index in [0.29, 0.717) is 5.75 Å². The molecule has 0 aromatic heterocycles. The zero-order valence-electron chi connectivity index (χ0n) is 13.6. The maximum atomic E-state index is 9.80. The normalized spacial score (nSPS) is 11.0. The topological polar surface area (TPSA) is 29.5 Å². The third-order valence-electron chi connectivity index (χ3n) is 3.63. The summed E-state index contributed by atoms with van der Waals surface area (Å²) in [6.07, 6.45) is 6.36. The zero-order valence-corrected chi connectivity index (χ0v) is 13.6. The summed E-state index contributed by atoms with van der Waals surface area (Å²) in [4.78, 5) is 0. The van der Waals surface area contributed by atoms with Crippen molar-refractivity contribution < 1.29 is 9.84 Å². The lowest BCUT2D eigenvalue weighted by molar-refractivity contribution is 0.309. The van der Waals surface area contributed by atoms with Crippen molar-refractivity contribution in [1.29, 1.82) is 0 Å². The Kier molecular flexibility index (Phi) is 5.65. The summed E-state index contributed by atoms with van der Waals surface area (Å²) in [5.41, 5.74) is 4.03. The lowest BCUT2D eigenvalue weighted by Gasteiger charge is -2.06. The highest BCUT2D eigenvalue weighted by Crippen LogP contribution is 2.24. The molecule has 2 aromatic carbocycles. The summed E-state index contributed by atoms with van der Waals surface area (Å²) in [6, 6.07) is 12.1. The van der Waals surface area contributed by atoms with E-state index >= 15 is 0 Å². The SMILES string of the molecule is CCCCOc1ccc(/C=C/c2cc(C)c(O)c(C)c2)cc1. The molecule has 0 aliphatic carbocycles. The molecule has 116 valence electrons. The number of unbranched alkanes of at least 4 members (excludes halogenated alkanes) is 1. The maximum absolute atomic E-state index is 9.80. The predicted octanol–water partition coefficient (Wildman–Crippen LogP) is 5.36. The fourth-order valence-corrected chi connectivity index (χ4v) is 2.29. The van der Waals surface area contributed by atoms with Gasteiger partial charge in [0.25, 0.3) is 0 Å². The van der Waals surface area contributed by atoms with Crippen LogP contribution in [0.5, 0.6) is 11.5 Å². The Morgan fingerprint density at radius 3 is 2.14 bits per heavy atom. The largest absolute Gasteiger partial charge is 0.507 e. The number of aryl methyl sites for hydroxylation is 2. The average molecular weight is 296 g/mol. The van der Waals surface area contributed by atoms with Crippen LogP contribution < -0.4 is 4.74 Å². The number of rotatable bonds is 6. The lowest BCUT2D eigenvalue weighted by Crippen LogP contribution is -1.95. The molecule has 2 aromatic rings. The first-order valence-corrected chi connectivity index (χ1v) is 7.81. The first-order chi connectivity index (χ1) is 10.6. The number of hydrogen-bond donors (Lipinski definition) is 1. The minimum Gasteiger partial charge on any atom is -0.507 e. The molecule has 1 N–H and O–H groups in total. The third kappa shape index (κ3) is 4.39. The minimum absolute atomic E-state index is 0.380. The molecule has 22 heavy (non-hydrogen) atoms. The van der Waals surface area contributed by atoms with Crippen molar-refractivity contribution in [2.24, 2.45) is 0 Å². The van der Waals surface area contributed by atoms with Gasteiger partial charge in [-0.2, -0.15) is 0 Å². The van der Waals surface area contributed by atoms with Crippen LogP contribution >= 0.6 is 0 Å². The smallest absolute Gasteiger partial charge is 0.121 e. The van der Waals surface area contributed by atoms with Gasteiger partial charge in [-0.15, -0.1) is 0 Å². The number of hydrogen-bond acceptors (Lipinski definition) is 2. The van der Waals surface area contributed by atoms with Crippen LogP contribution in [0.3, 0.4) is 0 Å². The van der Waals surface area contributed by atoms with Gasteiger partial charge in [0.1, 0.15) is 11.5 Å². The first kappa shape index (κ1) is 16.2. The molecule has 2 nitrogen and oxygen atoms in total. The molecular weight excluding hydrogens is 272 g/mol. The van der Waals surface area contributed by atoms with Gasteiger partial charge in [0, 0.05) is 0 Å². The molecule has 0 saturated heterocycles. The van der Waals surface area contributed by atoms with E-state index in [2.05, 4.69) is 31.2 Å². The van der Waals surface area contributed by atoms with Crippen LogP contribution in [0.1, 0.15) is 42.0 Å². The van der Waals surface area contributed by atoms with E-state index < -0.39 is 0 Å². The molecule has 0 amide bonds.